The molecule has 0 saturated carbocycles. The van der Waals surface area contributed by atoms with Crippen molar-refractivity contribution in [2.24, 2.45) is 12.5 Å². The molecule has 2 saturated heterocycles. The van der Waals surface area contributed by atoms with Crippen molar-refractivity contribution < 1.29 is 14.3 Å². The Morgan fingerprint density at radius 3 is 3.00 bits per heavy atom. The highest BCUT2D eigenvalue weighted by atomic mass is 16.5. The van der Waals surface area contributed by atoms with Crippen LogP contribution < -0.4 is 10.1 Å². The van der Waals surface area contributed by atoms with Crippen LogP contribution in [-0.2, 0) is 11.8 Å². The molecule has 1 atom stereocenters. The lowest BCUT2D eigenvalue weighted by atomic mass is 9.82. The van der Waals surface area contributed by atoms with E-state index in [0.29, 0.717) is 11.7 Å². The van der Waals surface area contributed by atoms with Crippen LogP contribution >= 0.6 is 0 Å². The molecule has 4 heterocycles. The number of urea groups is 1. The fourth-order valence-electron chi connectivity index (χ4n) is 4.61. The number of nitrogens with one attached hydrogen (secondary N) is 2. The van der Waals surface area contributed by atoms with E-state index in [1.54, 1.807) is 18.0 Å². The molecule has 2 aliphatic rings. The average Bonchev–Trinajstić information content (AvgIpc) is 3.47. The van der Waals surface area contributed by atoms with Gasteiger partial charge in [-0.15, -0.1) is 0 Å². The van der Waals surface area contributed by atoms with Gasteiger partial charge in [0.15, 0.2) is 0 Å². The van der Waals surface area contributed by atoms with Crippen molar-refractivity contribution in [2.45, 2.75) is 19.3 Å². The van der Waals surface area contributed by atoms with E-state index in [2.05, 4.69) is 20.4 Å². The number of hydrogen-bond acceptors (Lipinski definition) is 5. The number of aromatic nitrogens is 4. The number of nitrogens with zero attached hydrogens (tertiary/aromatic N) is 4. The highest BCUT2D eigenvalue weighted by Crippen LogP contribution is 2.38. The fraction of sp³-hybridized carbons (Fsp3) is 0.476. The highest BCUT2D eigenvalue weighted by molar-refractivity contribution is 5.98. The Morgan fingerprint density at radius 1 is 1.37 bits per heavy atom. The monoisotopic (exact) mass is 410 g/mol. The van der Waals surface area contributed by atoms with Gasteiger partial charge in [0.25, 0.3) is 0 Å². The number of carbonyl (C=O) groups is 1. The van der Waals surface area contributed by atoms with Gasteiger partial charge in [-0.1, -0.05) is 0 Å². The minimum Gasteiger partial charge on any atom is -0.494 e. The molecule has 1 spiro atoms. The first-order valence-electron chi connectivity index (χ1n) is 10.3. The molecule has 2 N–H and O–H groups in total. The van der Waals surface area contributed by atoms with Gasteiger partial charge in [-0.3, -0.25) is 10.00 Å². The van der Waals surface area contributed by atoms with Gasteiger partial charge in [-0.05, 0) is 31.4 Å². The van der Waals surface area contributed by atoms with E-state index < -0.39 is 0 Å². The lowest BCUT2D eigenvalue weighted by molar-refractivity contribution is -0.000215. The molecule has 158 valence electrons. The molecule has 0 aliphatic carbocycles. The number of methoxy groups -OCH3 is 1. The summed E-state index contributed by atoms with van der Waals surface area (Å²) in [5, 5.41) is 7.19. The number of likely N-dealkylation sites (tertiary alicyclic amines) is 1. The number of H-pyrrole nitrogens is 1. The Labute approximate surface area is 174 Å². The Hall–Kier alpha value is -3.07. The largest absolute Gasteiger partial charge is 0.494 e. The third-order valence-electron chi connectivity index (χ3n) is 6.20. The van der Waals surface area contributed by atoms with Crippen molar-refractivity contribution in [3.05, 3.63) is 24.5 Å². The Kier molecular flexibility index (Phi) is 4.62. The first kappa shape index (κ1) is 18.9. The van der Waals surface area contributed by atoms with Crippen LogP contribution in [0.2, 0.25) is 0 Å². The van der Waals surface area contributed by atoms with Crippen molar-refractivity contribution in [1.29, 1.82) is 0 Å². The molecule has 2 aromatic heterocycles. The Balaban J connectivity index is 1.40. The SMILES string of the molecule is COc1ccc(-c2cnn(C)c2)c2nc(NC(=O)N3CC[C@]4(CCCOC4)C3)[nH]c12. The smallest absolute Gasteiger partial charge is 0.324 e. The molecule has 9 heteroatoms. The standard InChI is InChI=1S/C21H26N6O3/c1-26-11-14(10-22-26)15-4-5-16(29-2)18-17(15)23-19(24-18)25-20(28)27-8-7-21(12-27)6-3-9-30-13-21/h4-5,10-11H,3,6-9,12-13H2,1-2H3,(H2,23,24,25,28)/t21-/m1/s1. The topological polar surface area (TPSA) is 97.3 Å². The maximum atomic E-state index is 12.9. The number of carbonyl (C=O) groups excluding carboxylic acids is 1. The maximum Gasteiger partial charge on any atom is 0.324 e. The third-order valence-corrected chi connectivity index (χ3v) is 6.20. The molecule has 0 radical (unpaired) electrons. The van der Waals surface area contributed by atoms with Gasteiger partial charge < -0.3 is 19.4 Å². The molecule has 0 bridgehead atoms. The van der Waals surface area contributed by atoms with Crippen LogP contribution in [0.4, 0.5) is 10.7 Å². The lowest BCUT2D eigenvalue weighted by Gasteiger charge is -2.32. The van der Waals surface area contributed by atoms with E-state index >= 15 is 0 Å². The number of imidazole rings is 1. The van der Waals surface area contributed by atoms with Crippen LogP contribution in [0.3, 0.4) is 0 Å². The number of hydrogen-bond donors (Lipinski definition) is 2. The summed E-state index contributed by atoms with van der Waals surface area (Å²) in [5.74, 6) is 1.08. The number of aromatic amines is 1. The number of ether oxygens (including phenoxy) is 2. The average molecular weight is 410 g/mol. The predicted molar refractivity (Wildman–Crippen MR) is 113 cm³/mol. The van der Waals surface area contributed by atoms with Gasteiger partial charge >= 0.3 is 6.03 Å². The van der Waals surface area contributed by atoms with E-state index in [1.165, 1.54) is 0 Å². The number of aryl methyl sites for hydroxylation is 1. The molecule has 2 aliphatic heterocycles. The van der Waals surface area contributed by atoms with Gasteiger partial charge in [0.05, 0.1) is 19.9 Å². The van der Waals surface area contributed by atoms with Crippen molar-refractivity contribution in [3.8, 4) is 16.9 Å². The zero-order valence-corrected chi connectivity index (χ0v) is 17.3. The van der Waals surface area contributed by atoms with Gasteiger partial charge in [-0.2, -0.15) is 5.10 Å². The Bertz CT molecular complexity index is 1080. The zero-order valence-electron chi connectivity index (χ0n) is 17.3. The van der Waals surface area contributed by atoms with Crippen molar-refractivity contribution in [2.75, 3.05) is 38.7 Å². The van der Waals surface area contributed by atoms with Crippen LogP contribution in [0.5, 0.6) is 5.75 Å². The van der Waals surface area contributed by atoms with Crippen LogP contribution in [-0.4, -0.2) is 64.1 Å². The quantitative estimate of drug-likeness (QED) is 0.692. The van der Waals surface area contributed by atoms with E-state index in [1.807, 2.05) is 30.3 Å². The van der Waals surface area contributed by atoms with Crippen molar-refractivity contribution in [1.82, 2.24) is 24.6 Å². The van der Waals surface area contributed by atoms with Gasteiger partial charge in [0.2, 0.25) is 5.95 Å². The van der Waals surface area contributed by atoms with Crippen LogP contribution in [0.25, 0.3) is 22.2 Å². The number of benzene rings is 1. The predicted octanol–water partition coefficient (Wildman–Crippen LogP) is 3.01. The minimum absolute atomic E-state index is 0.111. The summed E-state index contributed by atoms with van der Waals surface area (Å²) in [4.78, 5) is 22.6. The summed E-state index contributed by atoms with van der Waals surface area (Å²) in [6.45, 7) is 3.03. The number of fused-ring (bicyclic) bond motifs is 1. The maximum absolute atomic E-state index is 12.9. The summed E-state index contributed by atoms with van der Waals surface area (Å²) >= 11 is 0. The molecule has 5 rings (SSSR count). The second-order valence-corrected chi connectivity index (χ2v) is 8.28. The number of rotatable bonds is 3. The summed E-state index contributed by atoms with van der Waals surface area (Å²) in [6, 6.07) is 3.71. The summed E-state index contributed by atoms with van der Waals surface area (Å²) in [7, 11) is 3.49. The summed E-state index contributed by atoms with van der Waals surface area (Å²) in [6.07, 6.45) is 6.90. The van der Waals surface area contributed by atoms with E-state index in [-0.39, 0.29) is 11.4 Å². The molecule has 9 nitrogen and oxygen atoms in total. The lowest BCUT2D eigenvalue weighted by Crippen LogP contribution is -2.38. The molecule has 2 fully saturated rings. The van der Waals surface area contributed by atoms with Crippen molar-refractivity contribution in [3.63, 3.8) is 0 Å². The first-order chi connectivity index (χ1) is 14.6. The second kappa shape index (κ2) is 7.32. The molecule has 30 heavy (non-hydrogen) atoms. The van der Waals surface area contributed by atoms with Crippen LogP contribution in [0.1, 0.15) is 19.3 Å². The van der Waals surface area contributed by atoms with Crippen LogP contribution in [0, 0.1) is 5.41 Å². The van der Waals surface area contributed by atoms with E-state index in [0.717, 1.165) is 67.7 Å². The normalized spacial score (nSPS) is 21.5. The van der Waals surface area contributed by atoms with Gasteiger partial charge in [0.1, 0.15) is 16.8 Å². The summed E-state index contributed by atoms with van der Waals surface area (Å²) < 4.78 is 12.9. The third kappa shape index (κ3) is 3.28. The molecular formula is C21H26N6O3. The number of anilines is 1. The molecule has 1 aromatic carbocycles. The molecular weight excluding hydrogens is 384 g/mol. The molecule has 2 amide bonds. The second-order valence-electron chi connectivity index (χ2n) is 8.28. The number of amides is 2. The van der Waals surface area contributed by atoms with Gasteiger partial charge in [-0.25, -0.2) is 9.78 Å². The van der Waals surface area contributed by atoms with E-state index in [9.17, 15) is 4.79 Å². The zero-order chi connectivity index (χ0) is 20.7. The Morgan fingerprint density at radius 2 is 2.27 bits per heavy atom. The van der Waals surface area contributed by atoms with E-state index in [4.69, 9.17) is 9.47 Å². The summed E-state index contributed by atoms with van der Waals surface area (Å²) in [5.41, 5.74) is 3.47. The molecule has 0 unspecified atom stereocenters. The van der Waals surface area contributed by atoms with Gasteiger partial charge in [0, 0.05) is 49.5 Å². The molecule has 3 aromatic rings. The first-order valence-corrected chi connectivity index (χ1v) is 10.3. The highest BCUT2D eigenvalue weighted by Gasteiger charge is 2.41. The van der Waals surface area contributed by atoms with Crippen LogP contribution in [0.15, 0.2) is 24.5 Å². The van der Waals surface area contributed by atoms with Crippen molar-refractivity contribution >= 4 is 23.0 Å². The fourth-order valence-corrected chi connectivity index (χ4v) is 4.61. The minimum atomic E-state index is -0.140.